The zero-order valence-corrected chi connectivity index (χ0v) is 20.6. The van der Waals surface area contributed by atoms with Gasteiger partial charge in [-0.1, -0.05) is 0 Å². The number of aromatic amines is 1. The molecule has 6 rings (SSSR count). The van der Waals surface area contributed by atoms with Crippen molar-refractivity contribution in [1.29, 1.82) is 0 Å². The Balaban J connectivity index is 1.60. The highest BCUT2D eigenvalue weighted by atomic mass is 16.5. The minimum Gasteiger partial charge on any atom is -0.496 e. The lowest BCUT2D eigenvalue weighted by atomic mass is 10.1. The van der Waals surface area contributed by atoms with Crippen LogP contribution in [-0.2, 0) is 18.8 Å². The SMILES string of the molecule is COc1ccncc1-c1cc2c(-c3cc4c(c(N5CCOCC5)n3)n(C)c(=O)n4C)[nH]nc2c(C)n1. The molecule has 0 aliphatic carbocycles. The largest absolute Gasteiger partial charge is 0.496 e. The van der Waals surface area contributed by atoms with E-state index in [0.29, 0.717) is 37.7 Å². The van der Waals surface area contributed by atoms with E-state index < -0.39 is 0 Å². The lowest BCUT2D eigenvalue weighted by Crippen LogP contribution is -2.37. The van der Waals surface area contributed by atoms with Crippen LogP contribution < -0.4 is 15.3 Å². The number of aromatic nitrogens is 7. The van der Waals surface area contributed by atoms with Gasteiger partial charge in [-0.25, -0.2) is 9.78 Å². The summed E-state index contributed by atoms with van der Waals surface area (Å²) in [5.41, 5.74) is 6.01. The van der Waals surface area contributed by atoms with Gasteiger partial charge in [0, 0.05) is 45.0 Å². The lowest BCUT2D eigenvalue weighted by molar-refractivity contribution is 0.122. The molecule has 1 aliphatic rings. The first-order chi connectivity index (χ1) is 17.5. The summed E-state index contributed by atoms with van der Waals surface area (Å²) in [5, 5.41) is 8.61. The number of morpholine rings is 1. The molecular formula is C25H26N8O3. The van der Waals surface area contributed by atoms with E-state index in [0.717, 1.165) is 50.4 Å². The van der Waals surface area contributed by atoms with E-state index in [1.54, 1.807) is 42.7 Å². The zero-order valence-electron chi connectivity index (χ0n) is 20.6. The molecule has 6 heterocycles. The van der Waals surface area contributed by atoms with Crippen molar-refractivity contribution in [2.24, 2.45) is 14.1 Å². The molecule has 0 amide bonds. The van der Waals surface area contributed by atoms with Gasteiger partial charge in [0.1, 0.15) is 16.8 Å². The summed E-state index contributed by atoms with van der Waals surface area (Å²) in [6.07, 6.45) is 3.43. The topological polar surface area (TPSA) is 116 Å². The number of H-pyrrole nitrogens is 1. The number of fused-ring (bicyclic) bond motifs is 2. The number of hydrogen-bond donors (Lipinski definition) is 1. The number of hydrogen-bond acceptors (Lipinski definition) is 8. The molecule has 0 saturated carbocycles. The Morgan fingerprint density at radius 1 is 1.08 bits per heavy atom. The van der Waals surface area contributed by atoms with Gasteiger partial charge in [0.15, 0.2) is 5.82 Å². The molecule has 0 bridgehead atoms. The third-order valence-corrected chi connectivity index (χ3v) is 6.78. The number of rotatable bonds is 4. The van der Waals surface area contributed by atoms with Gasteiger partial charge < -0.3 is 14.4 Å². The third-order valence-electron chi connectivity index (χ3n) is 6.78. The summed E-state index contributed by atoms with van der Waals surface area (Å²) in [7, 11) is 5.19. The van der Waals surface area contributed by atoms with Crippen LogP contribution in [0, 0.1) is 6.92 Å². The highest BCUT2D eigenvalue weighted by Crippen LogP contribution is 2.35. The van der Waals surface area contributed by atoms with Crippen molar-refractivity contribution in [2.45, 2.75) is 6.92 Å². The van der Waals surface area contributed by atoms with Crippen molar-refractivity contribution in [3.63, 3.8) is 0 Å². The first-order valence-electron chi connectivity index (χ1n) is 11.7. The van der Waals surface area contributed by atoms with Crippen molar-refractivity contribution in [3.05, 3.63) is 46.8 Å². The van der Waals surface area contributed by atoms with E-state index in [4.69, 9.17) is 19.4 Å². The molecule has 0 aromatic carbocycles. The third kappa shape index (κ3) is 3.34. The second kappa shape index (κ2) is 8.45. The molecule has 5 aromatic heterocycles. The van der Waals surface area contributed by atoms with Crippen molar-refractivity contribution >= 4 is 27.8 Å². The quantitative estimate of drug-likeness (QED) is 0.412. The molecule has 1 fully saturated rings. The van der Waals surface area contributed by atoms with Crippen molar-refractivity contribution < 1.29 is 9.47 Å². The molecule has 5 aromatic rings. The first kappa shape index (κ1) is 22.2. The number of imidazole rings is 1. The summed E-state index contributed by atoms with van der Waals surface area (Å²) in [4.78, 5) is 29.1. The molecule has 1 N–H and O–H groups in total. The van der Waals surface area contributed by atoms with E-state index in [9.17, 15) is 4.79 Å². The number of nitrogens with zero attached hydrogens (tertiary/aromatic N) is 7. The van der Waals surface area contributed by atoms with E-state index in [2.05, 4.69) is 20.1 Å². The fourth-order valence-electron chi connectivity index (χ4n) is 4.89. The van der Waals surface area contributed by atoms with Gasteiger partial charge in [0.25, 0.3) is 0 Å². The van der Waals surface area contributed by atoms with Gasteiger partial charge in [-0.2, -0.15) is 5.10 Å². The average Bonchev–Trinajstić information content (AvgIpc) is 3.44. The zero-order chi connectivity index (χ0) is 25.0. The summed E-state index contributed by atoms with van der Waals surface area (Å²) in [5.74, 6) is 1.45. The Labute approximate surface area is 206 Å². The van der Waals surface area contributed by atoms with E-state index in [1.165, 1.54) is 0 Å². The van der Waals surface area contributed by atoms with Gasteiger partial charge in [-0.05, 0) is 25.1 Å². The molecule has 0 atom stereocenters. The number of nitrogens with one attached hydrogen (secondary N) is 1. The smallest absolute Gasteiger partial charge is 0.328 e. The van der Waals surface area contributed by atoms with Gasteiger partial charge in [-0.3, -0.25) is 24.2 Å². The normalized spacial score (nSPS) is 14.2. The van der Waals surface area contributed by atoms with Gasteiger partial charge in [0.05, 0.1) is 54.2 Å². The standard InChI is InChI=1S/C25H26N8O3/c1-14-21-15(11-17(27-14)16-13-26-6-5-20(16)35-4)22(30-29-21)18-12-19-23(32(3)25(34)31(19)2)24(28-18)33-7-9-36-10-8-33/h5-6,11-13H,7-10H2,1-4H3,(H,29,30). The van der Waals surface area contributed by atoms with E-state index >= 15 is 0 Å². The lowest BCUT2D eigenvalue weighted by Gasteiger charge is -2.28. The maximum atomic E-state index is 12.8. The van der Waals surface area contributed by atoms with Gasteiger partial charge in [-0.15, -0.1) is 0 Å². The summed E-state index contributed by atoms with van der Waals surface area (Å²) < 4.78 is 14.4. The number of methoxy groups -OCH3 is 1. The molecule has 11 nitrogen and oxygen atoms in total. The van der Waals surface area contributed by atoms with Crippen molar-refractivity contribution in [2.75, 3.05) is 38.3 Å². The number of anilines is 1. The predicted molar refractivity (Wildman–Crippen MR) is 136 cm³/mol. The summed E-state index contributed by atoms with van der Waals surface area (Å²) in [6, 6.07) is 5.73. The van der Waals surface area contributed by atoms with Crippen LogP contribution in [0.3, 0.4) is 0 Å². The number of ether oxygens (including phenoxy) is 2. The van der Waals surface area contributed by atoms with Crippen LogP contribution >= 0.6 is 0 Å². The van der Waals surface area contributed by atoms with E-state index in [-0.39, 0.29) is 5.69 Å². The molecule has 0 spiro atoms. The molecule has 1 aliphatic heterocycles. The Morgan fingerprint density at radius 2 is 1.89 bits per heavy atom. The Hall–Kier alpha value is -4.25. The fourth-order valence-corrected chi connectivity index (χ4v) is 4.89. The summed E-state index contributed by atoms with van der Waals surface area (Å²) >= 11 is 0. The molecule has 11 heteroatoms. The van der Waals surface area contributed by atoms with Crippen molar-refractivity contribution in [1.82, 2.24) is 34.3 Å². The van der Waals surface area contributed by atoms with Crippen LogP contribution in [-0.4, -0.2) is 67.7 Å². The van der Waals surface area contributed by atoms with Crippen LogP contribution in [0.15, 0.2) is 35.4 Å². The monoisotopic (exact) mass is 486 g/mol. The first-order valence-corrected chi connectivity index (χ1v) is 11.7. The van der Waals surface area contributed by atoms with Crippen LogP contribution in [0.1, 0.15) is 5.69 Å². The molecule has 184 valence electrons. The number of aryl methyl sites for hydroxylation is 3. The minimum atomic E-state index is -0.0982. The highest BCUT2D eigenvalue weighted by Gasteiger charge is 2.24. The van der Waals surface area contributed by atoms with Crippen LogP contribution in [0.5, 0.6) is 5.75 Å². The van der Waals surface area contributed by atoms with Crippen LogP contribution in [0.25, 0.3) is 44.6 Å². The molecular weight excluding hydrogens is 460 g/mol. The summed E-state index contributed by atoms with van der Waals surface area (Å²) in [6.45, 7) is 4.55. The predicted octanol–water partition coefficient (Wildman–Crippen LogP) is 2.43. The molecule has 1 saturated heterocycles. The molecule has 0 unspecified atom stereocenters. The van der Waals surface area contributed by atoms with E-state index in [1.807, 2.05) is 25.1 Å². The van der Waals surface area contributed by atoms with Crippen LogP contribution in [0.2, 0.25) is 0 Å². The average molecular weight is 487 g/mol. The molecule has 0 radical (unpaired) electrons. The Kier molecular flexibility index (Phi) is 5.22. The second-order valence-corrected chi connectivity index (χ2v) is 8.86. The minimum absolute atomic E-state index is 0.0982. The maximum absolute atomic E-state index is 12.8. The Bertz CT molecular complexity index is 1680. The fraction of sp³-hybridized carbons (Fsp3) is 0.320. The van der Waals surface area contributed by atoms with Crippen molar-refractivity contribution in [3.8, 4) is 28.4 Å². The highest BCUT2D eigenvalue weighted by molar-refractivity contribution is 5.98. The second-order valence-electron chi connectivity index (χ2n) is 8.86. The molecule has 36 heavy (non-hydrogen) atoms. The van der Waals surface area contributed by atoms with Gasteiger partial charge >= 0.3 is 5.69 Å². The Morgan fingerprint density at radius 3 is 2.67 bits per heavy atom. The number of pyridine rings is 3. The van der Waals surface area contributed by atoms with Crippen LogP contribution in [0.4, 0.5) is 5.82 Å². The maximum Gasteiger partial charge on any atom is 0.328 e. The van der Waals surface area contributed by atoms with Gasteiger partial charge in [0.2, 0.25) is 0 Å².